The molecule has 0 saturated carbocycles. The summed E-state index contributed by atoms with van der Waals surface area (Å²) in [6.07, 6.45) is 1.45. The number of carbonyl (C=O) groups excluding carboxylic acids is 1. The number of pyridine rings is 1. The Morgan fingerprint density at radius 3 is 2.94 bits per heavy atom. The van der Waals surface area contributed by atoms with Crippen LogP contribution in [0.3, 0.4) is 0 Å². The lowest BCUT2D eigenvalue weighted by molar-refractivity contribution is 0.0743. The van der Waals surface area contributed by atoms with Crippen molar-refractivity contribution in [3.05, 3.63) is 24.0 Å². The second-order valence-corrected chi connectivity index (χ2v) is 3.75. The monoisotopic (exact) mass is 233 g/mol. The third-order valence-corrected chi connectivity index (χ3v) is 2.37. The van der Waals surface area contributed by atoms with E-state index in [9.17, 15) is 9.90 Å². The molecule has 0 aliphatic rings. The van der Waals surface area contributed by atoms with Crippen LogP contribution in [0.5, 0.6) is 5.75 Å². The molecule has 0 fully saturated rings. The summed E-state index contributed by atoms with van der Waals surface area (Å²) in [5.41, 5.74) is 0.0273. The Morgan fingerprint density at radius 1 is 1.71 bits per heavy atom. The van der Waals surface area contributed by atoms with Gasteiger partial charge in [0.05, 0.1) is 12.0 Å². The molecule has 5 nitrogen and oxygen atoms in total. The minimum absolute atomic E-state index is 0.0273. The van der Waals surface area contributed by atoms with Gasteiger partial charge in [-0.25, -0.2) is 4.98 Å². The van der Waals surface area contributed by atoms with E-state index in [2.05, 4.69) is 11.1 Å². The highest BCUT2D eigenvalue weighted by Gasteiger charge is 2.20. The number of nitrogens with zero attached hydrogens (tertiary/aromatic N) is 3. The fourth-order valence-electron chi connectivity index (χ4n) is 1.44. The standard InChI is InChI=1S/C12H15N3O2/c1-3-15(8-9(2)7-13)12(17)11-10(16)5-4-6-14-11/h4-6,9,16H,3,8H2,1-2H3. The molecule has 1 aromatic heterocycles. The van der Waals surface area contributed by atoms with Crippen LogP contribution in [0.2, 0.25) is 0 Å². The Morgan fingerprint density at radius 2 is 2.41 bits per heavy atom. The van der Waals surface area contributed by atoms with Crippen molar-refractivity contribution in [3.63, 3.8) is 0 Å². The normalized spacial score (nSPS) is 11.6. The van der Waals surface area contributed by atoms with Crippen LogP contribution in [0.1, 0.15) is 24.3 Å². The van der Waals surface area contributed by atoms with Crippen LogP contribution in [-0.2, 0) is 0 Å². The molecule has 0 bridgehead atoms. The van der Waals surface area contributed by atoms with E-state index in [4.69, 9.17) is 5.26 Å². The molecule has 5 heteroatoms. The molecular weight excluding hydrogens is 218 g/mol. The van der Waals surface area contributed by atoms with Crippen molar-refractivity contribution >= 4 is 5.91 Å². The Bertz CT molecular complexity index is 440. The number of rotatable bonds is 4. The molecule has 90 valence electrons. The number of carbonyl (C=O) groups is 1. The molecule has 1 unspecified atom stereocenters. The molecule has 1 aromatic rings. The highest BCUT2D eigenvalue weighted by molar-refractivity contribution is 5.94. The molecule has 0 spiro atoms. The number of amides is 1. The van der Waals surface area contributed by atoms with Gasteiger partial charge in [0.1, 0.15) is 5.75 Å². The quantitative estimate of drug-likeness (QED) is 0.852. The maximum absolute atomic E-state index is 12.0. The third kappa shape index (κ3) is 3.18. The van der Waals surface area contributed by atoms with Gasteiger partial charge < -0.3 is 10.0 Å². The zero-order chi connectivity index (χ0) is 12.8. The number of nitriles is 1. The van der Waals surface area contributed by atoms with E-state index in [1.165, 1.54) is 17.2 Å². The Balaban J connectivity index is 2.88. The second kappa shape index (κ2) is 5.85. The molecule has 0 radical (unpaired) electrons. The number of hydrogen-bond acceptors (Lipinski definition) is 4. The average molecular weight is 233 g/mol. The minimum Gasteiger partial charge on any atom is -0.505 e. The summed E-state index contributed by atoms with van der Waals surface area (Å²) in [5.74, 6) is -0.738. The molecule has 0 saturated heterocycles. The van der Waals surface area contributed by atoms with Crippen molar-refractivity contribution in [1.82, 2.24) is 9.88 Å². The fraction of sp³-hybridized carbons (Fsp3) is 0.417. The number of aromatic hydroxyl groups is 1. The van der Waals surface area contributed by atoms with Gasteiger partial charge in [-0.3, -0.25) is 4.79 Å². The topological polar surface area (TPSA) is 77.2 Å². The highest BCUT2D eigenvalue weighted by Crippen LogP contribution is 2.15. The van der Waals surface area contributed by atoms with E-state index >= 15 is 0 Å². The maximum Gasteiger partial charge on any atom is 0.276 e. The first-order valence-corrected chi connectivity index (χ1v) is 5.43. The Hall–Kier alpha value is -2.09. The van der Waals surface area contributed by atoms with Gasteiger partial charge in [0.25, 0.3) is 5.91 Å². The van der Waals surface area contributed by atoms with Gasteiger partial charge in [-0.1, -0.05) is 0 Å². The summed E-state index contributed by atoms with van der Waals surface area (Å²) in [6.45, 7) is 4.37. The zero-order valence-corrected chi connectivity index (χ0v) is 9.92. The van der Waals surface area contributed by atoms with Crippen LogP contribution in [0.25, 0.3) is 0 Å². The highest BCUT2D eigenvalue weighted by atomic mass is 16.3. The fourth-order valence-corrected chi connectivity index (χ4v) is 1.44. The van der Waals surface area contributed by atoms with E-state index in [1.54, 1.807) is 13.0 Å². The average Bonchev–Trinajstić information content (AvgIpc) is 2.35. The van der Waals surface area contributed by atoms with Gasteiger partial charge in [0.2, 0.25) is 0 Å². The lowest BCUT2D eigenvalue weighted by Gasteiger charge is -2.21. The molecular formula is C12H15N3O2. The second-order valence-electron chi connectivity index (χ2n) is 3.75. The van der Waals surface area contributed by atoms with Gasteiger partial charge in [0, 0.05) is 19.3 Å². The molecule has 17 heavy (non-hydrogen) atoms. The summed E-state index contributed by atoms with van der Waals surface area (Å²) >= 11 is 0. The lowest BCUT2D eigenvalue weighted by Crippen LogP contribution is -2.34. The van der Waals surface area contributed by atoms with E-state index in [-0.39, 0.29) is 23.3 Å². The van der Waals surface area contributed by atoms with Crippen LogP contribution in [0.4, 0.5) is 0 Å². The van der Waals surface area contributed by atoms with Crippen molar-refractivity contribution in [1.29, 1.82) is 5.26 Å². The predicted octanol–water partition coefficient (Wildman–Crippen LogP) is 1.41. The molecule has 1 heterocycles. The number of aromatic nitrogens is 1. The molecule has 1 N–H and O–H groups in total. The summed E-state index contributed by atoms with van der Waals surface area (Å²) in [6, 6.07) is 5.05. The van der Waals surface area contributed by atoms with Gasteiger partial charge in [-0.05, 0) is 26.0 Å². The zero-order valence-electron chi connectivity index (χ0n) is 9.92. The molecule has 1 atom stereocenters. The van der Waals surface area contributed by atoms with E-state index < -0.39 is 0 Å². The van der Waals surface area contributed by atoms with E-state index in [1.807, 2.05) is 6.92 Å². The van der Waals surface area contributed by atoms with Crippen molar-refractivity contribution in [2.24, 2.45) is 5.92 Å². The van der Waals surface area contributed by atoms with Crippen molar-refractivity contribution < 1.29 is 9.90 Å². The van der Waals surface area contributed by atoms with Crippen molar-refractivity contribution in [3.8, 4) is 11.8 Å². The predicted molar refractivity (Wildman–Crippen MR) is 62.3 cm³/mol. The number of hydrogen-bond donors (Lipinski definition) is 1. The first kappa shape index (κ1) is 13.0. The largest absolute Gasteiger partial charge is 0.505 e. The van der Waals surface area contributed by atoms with Gasteiger partial charge in [-0.15, -0.1) is 0 Å². The molecule has 0 aliphatic carbocycles. The van der Waals surface area contributed by atoms with Crippen molar-refractivity contribution in [2.45, 2.75) is 13.8 Å². The van der Waals surface area contributed by atoms with Crippen LogP contribution in [0, 0.1) is 17.2 Å². The molecule has 0 aromatic carbocycles. The van der Waals surface area contributed by atoms with Gasteiger partial charge in [-0.2, -0.15) is 5.26 Å². The Labute approximate surface area is 100 Å². The Kier molecular flexibility index (Phi) is 4.46. The SMILES string of the molecule is CCN(CC(C)C#N)C(=O)c1ncccc1O. The summed E-state index contributed by atoms with van der Waals surface area (Å²) < 4.78 is 0. The van der Waals surface area contributed by atoms with Crippen molar-refractivity contribution in [2.75, 3.05) is 13.1 Å². The minimum atomic E-state index is -0.354. The summed E-state index contributed by atoms with van der Waals surface area (Å²) in [4.78, 5) is 17.4. The maximum atomic E-state index is 12.0. The summed E-state index contributed by atoms with van der Waals surface area (Å²) in [5, 5.41) is 18.3. The molecule has 1 amide bonds. The van der Waals surface area contributed by atoms with Crippen LogP contribution < -0.4 is 0 Å². The van der Waals surface area contributed by atoms with E-state index in [0.717, 1.165) is 0 Å². The van der Waals surface area contributed by atoms with Crippen LogP contribution in [-0.4, -0.2) is 34.0 Å². The summed E-state index contributed by atoms with van der Waals surface area (Å²) in [7, 11) is 0. The first-order chi connectivity index (χ1) is 8.10. The van der Waals surface area contributed by atoms with Crippen LogP contribution in [0.15, 0.2) is 18.3 Å². The molecule has 1 rings (SSSR count). The van der Waals surface area contributed by atoms with Crippen LogP contribution >= 0.6 is 0 Å². The van der Waals surface area contributed by atoms with Gasteiger partial charge in [0.15, 0.2) is 5.69 Å². The third-order valence-electron chi connectivity index (χ3n) is 2.37. The van der Waals surface area contributed by atoms with Gasteiger partial charge >= 0.3 is 0 Å². The lowest BCUT2D eigenvalue weighted by atomic mass is 10.2. The van der Waals surface area contributed by atoms with E-state index in [0.29, 0.717) is 13.1 Å². The smallest absolute Gasteiger partial charge is 0.276 e. The first-order valence-electron chi connectivity index (χ1n) is 5.43. The molecule has 0 aliphatic heterocycles.